The summed E-state index contributed by atoms with van der Waals surface area (Å²) in [5.41, 5.74) is 0. The van der Waals surface area contributed by atoms with Gasteiger partial charge in [-0.2, -0.15) is 0 Å². The number of piperidine rings is 1. The Morgan fingerprint density at radius 1 is 1.17 bits per heavy atom. The van der Waals surface area contributed by atoms with Gasteiger partial charge in [-0.05, 0) is 32.0 Å². The number of hydrogen-bond donors (Lipinski definition) is 0. The van der Waals surface area contributed by atoms with Crippen molar-refractivity contribution in [2.75, 3.05) is 20.1 Å². The lowest BCUT2D eigenvalue weighted by Crippen LogP contribution is -2.35. The molecule has 0 saturated carbocycles. The quantitative estimate of drug-likeness (QED) is 0.795. The molecule has 0 N–H and O–H groups in total. The van der Waals surface area contributed by atoms with Crippen LogP contribution in [0.25, 0.3) is 0 Å². The third-order valence-electron chi connectivity index (χ3n) is 2.85. The first kappa shape index (κ1) is 15.6. The van der Waals surface area contributed by atoms with E-state index in [2.05, 4.69) is 11.9 Å². The minimum absolute atomic E-state index is 0.257. The fraction of sp³-hybridized carbons (Fsp3) is 0.571. The van der Waals surface area contributed by atoms with Crippen LogP contribution in [0.5, 0.6) is 5.75 Å². The van der Waals surface area contributed by atoms with Gasteiger partial charge in [-0.3, -0.25) is 0 Å². The van der Waals surface area contributed by atoms with Crippen LogP contribution in [0.4, 0.5) is 0 Å². The van der Waals surface area contributed by atoms with E-state index in [1.165, 1.54) is 0 Å². The van der Waals surface area contributed by atoms with E-state index in [1.807, 2.05) is 13.8 Å². The molecular weight excluding hydrogens is 269 g/mol. The number of ether oxygens (including phenoxy) is 1. The molecule has 1 aromatic rings. The van der Waals surface area contributed by atoms with Gasteiger partial charge in [-0.1, -0.05) is 37.0 Å². The molecule has 102 valence electrons. The first-order valence-electron chi connectivity index (χ1n) is 6.45. The SMILES string of the molecule is CC.CN1CCC(Oc2cc(Cl)ccc2Cl)CC1. The van der Waals surface area contributed by atoms with Crippen molar-refractivity contribution in [1.29, 1.82) is 0 Å². The average Bonchev–Trinajstić information content (AvgIpc) is 2.39. The van der Waals surface area contributed by atoms with Gasteiger partial charge in [0, 0.05) is 24.2 Å². The molecule has 0 spiro atoms. The second-order valence-electron chi connectivity index (χ2n) is 4.20. The maximum atomic E-state index is 6.05. The molecule has 0 aliphatic carbocycles. The fourth-order valence-corrected chi connectivity index (χ4v) is 2.17. The Kier molecular flexibility index (Phi) is 6.83. The molecule has 2 nitrogen and oxygen atoms in total. The Labute approximate surface area is 120 Å². The molecule has 1 fully saturated rings. The summed E-state index contributed by atoms with van der Waals surface area (Å²) < 4.78 is 5.87. The molecule has 1 heterocycles. The van der Waals surface area contributed by atoms with Crippen LogP contribution in [-0.2, 0) is 0 Å². The van der Waals surface area contributed by atoms with E-state index in [4.69, 9.17) is 27.9 Å². The summed E-state index contributed by atoms with van der Waals surface area (Å²) in [6, 6.07) is 5.32. The lowest BCUT2D eigenvalue weighted by atomic mass is 10.1. The number of likely N-dealkylation sites (tertiary alicyclic amines) is 1. The van der Waals surface area contributed by atoms with Crippen LogP contribution in [-0.4, -0.2) is 31.1 Å². The van der Waals surface area contributed by atoms with E-state index in [-0.39, 0.29) is 6.10 Å². The van der Waals surface area contributed by atoms with Crippen LogP contribution in [0.2, 0.25) is 10.0 Å². The molecular formula is C14H21Cl2NO. The molecule has 0 bridgehead atoms. The summed E-state index contributed by atoms with van der Waals surface area (Å²) in [5.74, 6) is 0.698. The van der Waals surface area contributed by atoms with E-state index < -0.39 is 0 Å². The number of rotatable bonds is 2. The maximum Gasteiger partial charge on any atom is 0.139 e. The summed E-state index contributed by atoms with van der Waals surface area (Å²) in [4.78, 5) is 2.30. The van der Waals surface area contributed by atoms with Crippen LogP contribution in [0.15, 0.2) is 18.2 Å². The first-order chi connectivity index (χ1) is 8.65. The Morgan fingerprint density at radius 3 is 2.39 bits per heavy atom. The highest BCUT2D eigenvalue weighted by Gasteiger charge is 2.18. The fourth-order valence-electron chi connectivity index (χ4n) is 1.85. The van der Waals surface area contributed by atoms with E-state index in [1.54, 1.807) is 18.2 Å². The summed E-state index contributed by atoms with van der Waals surface area (Å²) >= 11 is 12.0. The van der Waals surface area contributed by atoms with E-state index in [0.29, 0.717) is 15.8 Å². The Morgan fingerprint density at radius 2 is 1.78 bits per heavy atom. The third-order valence-corrected chi connectivity index (χ3v) is 3.40. The lowest BCUT2D eigenvalue weighted by molar-refractivity contribution is 0.114. The van der Waals surface area contributed by atoms with Crippen molar-refractivity contribution in [3.8, 4) is 5.75 Å². The number of benzene rings is 1. The van der Waals surface area contributed by atoms with Gasteiger partial charge in [-0.15, -0.1) is 0 Å². The highest BCUT2D eigenvalue weighted by Crippen LogP contribution is 2.30. The Balaban J connectivity index is 0.000000771. The zero-order valence-corrected chi connectivity index (χ0v) is 12.8. The monoisotopic (exact) mass is 289 g/mol. The van der Waals surface area contributed by atoms with E-state index in [9.17, 15) is 0 Å². The van der Waals surface area contributed by atoms with Crippen molar-refractivity contribution in [3.63, 3.8) is 0 Å². The van der Waals surface area contributed by atoms with Gasteiger partial charge in [-0.25, -0.2) is 0 Å². The molecule has 1 aliphatic rings. The summed E-state index contributed by atoms with van der Waals surface area (Å²) in [6.45, 7) is 6.14. The standard InChI is InChI=1S/C12H15Cl2NO.C2H6/c1-15-6-4-10(5-7-15)16-12-8-9(13)2-3-11(12)14;1-2/h2-3,8,10H,4-7H2,1H3;1-2H3. The van der Waals surface area contributed by atoms with Crippen LogP contribution in [0, 0.1) is 0 Å². The molecule has 0 aromatic heterocycles. The lowest BCUT2D eigenvalue weighted by Gasteiger charge is -2.29. The molecule has 0 radical (unpaired) electrons. The Hall–Kier alpha value is -0.440. The normalized spacial score (nSPS) is 16.9. The van der Waals surface area contributed by atoms with Crippen LogP contribution >= 0.6 is 23.2 Å². The van der Waals surface area contributed by atoms with Crippen LogP contribution < -0.4 is 4.74 Å². The highest BCUT2D eigenvalue weighted by atomic mass is 35.5. The maximum absolute atomic E-state index is 6.05. The largest absolute Gasteiger partial charge is 0.489 e. The van der Waals surface area contributed by atoms with Crippen molar-refractivity contribution in [1.82, 2.24) is 4.90 Å². The zero-order chi connectivity index (χ0) is 13.5. The molecule has 18 heavy (non-hydrogen) atoms. The van der Waals surface area contributed by atoms with E-state index in [0.717, 1.165) is 25.9 Å². The topological polar surface area (TPSA) is 12.5 Å². The molecule has 4 heteroatoms. The minimum atomic E-state index is 0.257. The van der Waals surface area contributed by atoms with Gasteiger partial charge in [0.1, 0.15) is 11.9 Å². The van der Waals surface area contributed by atoms with Gasteiger partial charge in [0.2, 0.25) is 0 Å². The second kappa shape index (κ2) is 7.88. The molecule has 1 aliphatic heterocycles. The third kappa shape index (κ3) is 4.68. The van der Waals surface area contributed by atoms with Crippen LogP contribution in [0.1, 0.15) is 26.7 Å². The highest BCUT2D eigenvalue weighted by molar-refractivity contribution is 6.34. The first-order valence-corrected chi connectivity index (χ1v) is 7.21. The number of halogens is 2. The molecule has 0 amide bonds. The number of hydrogen-bond acceptors (Lipinski definition) is 2. The van der Waals surface area contributed by atoms with Crippen molar-refractivity contribution in [2.24, 2.45) is 0 Å². The Bertz CT molecular complexity index is 363. The molecule has 0 unspecified atom stereocenters. The smallest absolute Gasteiger partial charge is 0.139 e. The minimum Gasteiger partial charge on any atom is -0.489 e. The summed E-state index contributed by atoms with van der Waals surface area (Å²) in [7, 11) is 2.13. The van der Waals surface area contributed by atoms with Gasteiger partial charge >= 0.3 is 0 Å². The average molecular weight is 290 g/mol. The molecule has 2 rings (SSSR count). The molecule has 1 saturated heterocycles. The van der Waals surface area contributed by atoms with E-state index >= 15 is 0 Å². The predicted octanol–water partition coefficient (Wildman–Crippen LogP) is 4.49. The van der Waals surface area contributed by atoms with Crippen molar-refractivity contribution >= 4 is 23.2 Å². The van der Waals surface area contributed by atoms with Crippen LogP contribution in [0.3, 0.4) is 0 Å². The summed E-state index contributed by atoms with van der Waals surface area (Å²) in [5, 5.41) is 1.29. The van der Waals surface area contributed by atoms with Gasteiger partial charge in [0.05, 0.1) is 5.02 Å². The van der Waals surface area contributed by atoms with Gasteiger partial charge in [0.25, 0.3) is 0 Å². The van der Waals surface area contributed by atoms with Crippen molar-refractivity contribution in [2.45, 2.75) is 32.8 Å². The second-order valence-corrected chi connectivity index (χ2v) is 5.04. The molecule has 0 atom stereocenters. The van der Waals surface area contributed by atoms with Gasteiger partial charge < -0.3 is 9.64 Å². The van der Waals surface area contributed by atoms with Crippen molar-refractivity contribution in [3.05, 3.63) is 28.2 Å². The molecule has 1 aromatic carbocycles. The predicted molar refractivity (Wildman–Crippen MR) is 79.0 cm³/mol. The van der Waals surface area contributed by atoms with Gasteiger partial charge in [0.15, 0.2) is 0 Å². The van der Waals surface area contributed by atoms with Crippen molar-refractivity contribution < 1.29 is 4.74 Å². The number of nitrogens with zero attached hydrogens (tertiary/aromatic N) is 1. The summed E-state index contributed by atoms with van der Waals surface area (Å²) in [6.07, 6.45) is 2.34. The zero-order valence-electron chi connectivity index (χ0n) is 11.2.